The summed E-state index contributed by atoms with van der Waals surface area (Å²) in [5.74, 6) is 0. The third kappa shape index (κ3) is 1.72. The fourth-order valence-corrected chi connectivity index (χ4v) is 1.72. The minimum Gasteiger partial charge on any atom is -0.274 e. The maximum absolute atomic E-state index is 11.0. The number of carbonyl (C=O) groups is 1. The molecule has 0 bridgehead atoms. The molecule has 0 saturated carbocycles. The maximum Gasteiger partial charge on any atom is 0.274 e. The van der Waals surface area contributed by atoms with E-state index >= 15 is 0 Å². The van der Waals surface area contributed by atoms with Crippen molar-refractivity contribution in [2.24, 2.45) is 0 Å². The summed E-state index contributed by atoms with van der Waals surface area (Å²) in [5.41, 5.74) is 2.81. The standard InChI is InChI=1S/C11H10ClN3O/c1-7-5-3-4-6-9(7)15-8(2)10(11(12)16)13-14-15/h3-6H,1-2H3. The molecular weight excluding hydrogens is 226 g/mol. The SMILES string of the molecule is Cc1ccccc1-n1nnc(C(=O)Cl)c1C. The summed E-state index contributed by atoms with van der Waals surface area (Å²) in [6.07, 6.45) is 0. The number of rotatable bonds is 2. The van der Waals surface area contributed by atoms with Crippen LogP contribution in [0.15, 0.2) is 24.3 Å². The zero-order chi connectivity index (χ0) is 11.7. The van der Waals surface area contributed by atoms with Crippen molar-refractivity contribution < 1.29 is 4.79 Å². The number of carbonyl (C=O) groups excluding carboxylic acids is 1. The normalized spacial score (nSPS) is 10.4. The molecule has 0 aliphatic rings. The quantitative estimate of drug-likeness (QED) is 0.751. The number of benzene rings is 1. The summed E-state index contributed by atoms with van der Waals surface area (Å²) < 4.78 is 1.62. The van der Waals surface area contributed by atoms with Crippen molar-refractivity contribution in [3.8, 4) is 5.69 Å². The van der Waals surface area contributed by atoms with E-state index in [0.29, 0.717) is 5.69 Å². The highest BCUT2D eigenvalue weighted by Crippen LogP contribution is 2.16. The Kier molecular flexibility index (Phi) is 2.75. The lowest BCUT2D eigenvalue weighted by Crippen LogP contribution is -2.02. The largest absolute Gasteiger partial charge is 0.274 e. The average Bonchev–Trinajstić information content (AvgIpc) is 2.61. The second kappa shape index (κ2) is 4.06. The Bertz CT molecular complexity index is 548. The molecule has 0 atom stereocenters. The van der Waals surface area contributed by atoms with Gasteiger partial charge in [-0.2, -0.15) is 0 Å². The number of halogens is 1. The Labute approximate surface area is 97.8 Å². The van der Waals surface area contributed by atoms with Gasteiger partial charge >= 0.3 is 0 Å². The van der Waals surface area contributed by atoms with Gasteiger partial charge in [0.1, 0.15) is 0 Å². The smallest absolute Gasteiger partial charge is 0.274 e. The van der Waals surface area contributed by atoms with E-state index in [-0.39, 0.29) is 5.69 Å². The summed E-state index contributed by atoms with van der Waals surface area (Å²) in [5, 5.41) is 7.11. The number of para-hydroxylation sites is 1. The molecule has 16 heavy (non-hydrogen) atoms. The zero-order valence-corrected chi connectivity index (χ0v) is 9.69. The molecule has 0 fully saturated rings. The number of hydrogen-bond donors (Lipinski definition) is 0. The predicted octanol–water partition coefficient (Wildman–Crippen LogP) is 2.26. The minimum atomic E-state index is -0.586. The molecule has 0 aliphatic heterocycles. The molecule has 0 saturated heterocycles. The van der Waals surface area contributed by atoms with Crippen LogP contribution in [0, 0.1) is 13.8 Å². The van der Waals surface area contributed by atoms with Crippen molar-refractivity contribution >= 4 is 16.8 Å². The Hall–Kier alpha value is -1.68. The molecule has 0 N–H and O–H groups in total. The predicted molar refractivity (Wildman–Crippen MR) is 61.0 cm³/mol. The van der Waals surface area contributed by atoms with Crippen molar-refractivity contribution in [1.29, 1.82) is 0 Å². The Morgan fingerprint density at radius 2 is 2.00 bits per heavy atom. The van der Waals surface area contributed by atoms with Gasteiger partial charge in [0.2, 0.25) is 0 Å². The van der Waals surface area contributed by atoms with E-state index < -0.39 is 5.24 Å². The zero-order valence-electron chi connectivity index (χ0n) is 8.94. The van der Waals surface area contributed by atoms with Gasteiger partial charge in [0.15, 0.2) is 5.69 Å². The van der Waals surface area contributed by atoms with Crippen molar-refractivity contribution in [2.75, 3.05) is 0 Å². The molecule has 0 unspecified atom stereocenters. The lowest BCUT2D eigenvalue weighted by atomic mass is 10.2. The maximum atomic E-state index is 11.0. The summed E-state index contributed by atoms with van der Waals surface area (Å²) in [6, 6.07) is 7.74. The first kappa shape index (κ1) is 10.8. The molecule has 0 amide bonds. The molecule has 0 radical (unpaired) electrons. The summed E-state index contributed by atoms with van der Waals surface area (Å²) in [6.45, 7) is 3.74. The van der Waals surface area contributed by atoms with Gasteiger partial charge in [-0.05, 0) is 37.1 Å². The van der Waals surface area contributed by atoms with Gasteiger partial charge < -0.3 is 0 Å². The first-order chi connectivity index (χ1) is 7.61. The van der Waals surface area contributed by atoms with Crippen LogP contribution in [0.5, 0.6) is 0 Å². The summed E-state index contributed by atoms with van der Waals surface area (Å²) in [4.78, 5) is 11.0. The lowest BCUT2D eigenvalue weighted by Gasteiger charge is -2.05. The number of hydrogen-bond acceptors (Lipinski definition) is 3. The van der Waals surface area contributed by atoms with Crippen molar-refractivity contribution in [2.45, 2.75) is 13.8 Å². The van der Waals surface area contributed by atoms with Gasteiger partial charge in [0, 0.05) is 0 Å². The Morgan fingerprint density at radius 3 is 2.56 bits per heavy atom. The third-order valence-corrected chi connectivity index (χ3v) is 2.60. The Balaban J connectivity index is 2.58. The summed E-state index contributed by atoms with van der Waals surface area (Å²) in [7, 11) is 0. The molecule has 1 heterocycles. The number of aromatic nitrogens is 3. The van der Waals surface area contributed by atoms with Gasteiger partial charge in [-0.25, -0.2) is 4.68 Å². The second-order valence-electron chi connectivity index (χ2n) is 3.50. The van der Waals surface area contributed by atoms with E-state index in [4.69, 9.17) is 11.6 Å². The van der Waals surface area contributed by atoms with Crippen LogP contribution in [-0.2, 0) is 0 Å². The molecule has 82 valence electrons. The highest BCUT2D eigenvalue weighted by molar-refractivity contribution is 6.67. The van der Waals surface area contributed by atoms with E-state index in [1.54, 1.807) is 11.6 Å². The molecule has 5 heteroatoms. The molecule has 0 aliphatic carbocycles. The van der Waals surface area contributed by atoms with Crippen LogP contribution in [0.25, 0.3) is 5.69 Å². The van der Waals surface area contributed by atoms with Gasteiger partial charge in [0.05, 0.1) is 11.4 Å². The van der Waals surface area contributed by atoms with E-state index in [0.717, 1.165) is 11.3 Å². The van der Waals surface area contributed by atoms with E-state index in [2.05, 4.69) is 10.3 Å². The van der Waals surface area contributed by atoms with Crippen LogP contribution in [-0.4, -0.2) is 20.2 Å². The van der Waals surface area contributed by atoms with Crippen molar-refractivity contribution in [3.63, 3.8) is 0 Å². The molecular formula is C11H10ClN3O. The molecule has 0 spiro atoms. The topological polar surface area (TPSA) is 47.8 Å². The Morgan fingerprint density at radius 1 is 1.31 bits per heavy atom. The fraction of sp³-hybridized carbons (Fsp3) is 0.182. The van der Waals surface area contributed by atoms with Crippen LogP contribution < -0.4 is 0 Å². The third-order valence-electron chi connectivity index (χ3n) is 2.42. The second-order valence-corrected chi connectivity index (χ2v) is 3.84. The van der Waals surface area contributed by atoms with Gasteiger partial charge in [-0.1, -0.05) is 23.4 Å². The van der Waals surface area contributed by atoms with Crippen molar-refractivity contribution in [3.05, 3.63) is 41.2 Å². The molecule has 1 aromatic heterocycles. The number of aryl methyl sites for hydroxylation is 1. The lowest BCUT2D eigenvalue weighted by molar-refractivity contribution is 0.107. The van der Waals surface area contributed by atoms with Gasteiger partial charge in [-0.3, -0.25) is 4.79 Å². The molecule has 4 nitrogen and oxygen atoms in total. The van der Waals surface area contributed by atoms with Gasteiger partial charge in [0.25, 0.3) is 5.24 Å². The summed E-state index contributed by atoms with van der Waals surface area (Å²) >= 11 is 5.39. The molecule has 1 aromatic carbocycles. The van der Waals surface area contributed by atoms with Gasteiger partial charge in [-0.15, -0.1) is 5.10 Å². The van der Waals surface area contributed by atoms with Crippen LogP contribution in [0.1, 0.15) is 21.7 Å². The van der Waals surface area contributed by atoms with Crippen LogP contribution in [0.3, 0.4) is 0 Å². The highest BCUT2D eigenvalue weighted by atomic mass is 35.5. The first-order valence-corrected chi connectivity index (χ1v) is 5.17. The molecule has 2 rings (SSSR count). The van der Waals surface area contributed by atoms with Crippen LogP contribution in [0.2, 0.25) is 0 Å². The van der Waals surface area contributed by atoms with E-state index in [1.807, 2.05) is 31.2 Å². The average molecular weight is 236 g/mol. The minimum absolute atomic E-state index is 0.199. The van der Waals surface area contributed by atoms with Crippen LogP contribution >= 0.6 is 11.6 Å². The molecule has 2 aromatic rings. The van der Waals surface area contributed by atoms with Crippen LogP contribution in [0.4, 0.5) is 0 Å². The van der Waals surface area contributed by atoms with E-state index in [9.17, 15) is 4.79 Å². The fourth-order valence-electron chi connectivity index (χ4n) is 1.54. The van der Waals surface area contributed by atoms with E-state index in [1.165, 1.54) is 0 Å². The monoisotopic (exact) mass is 235 g/mol. The van der Waals surface area contributed by atoms with Crippen molar-refractivity contribution in [1.82, 2.24) is 15.0 Å². The number of nitrogens with zero attached hydrogens (tertiary/aromatic N) is 3. The first-order valence-electron chi connectivity index (χ1n) is 4.79. The highest BCUT2D eigenvalue weighted by Gasteiger charge is 2.15.